The SMILES string of the molecule is O=C(NCc1ccsc1)NC[C@H](O)c1cccc(C(F)(F)F)c1. The van der Waals surface area contributed by atoms with Crippen molar-refractivity contribution in [1.82, 2.24) is 10.6 Å². The molecular weight excluding hydrogens is 329 g/mol. The number of amides is 2. The van der Waals surface area contributed by atoms with Crippen molar-refractivity contribution in [1.29, 1.82) is 0 Å². The molecule has 0 aliphatic rings. The van der Waals surface area contributed by atoms with Gasteiger partial charge in [-0.05, 0) is 40.1 Å². The van der Waals surface area contributed by atoms with Gasteiger partial charge in [0.15, 0.2) is 0 Å². The normalized spacial score (nSPS) is 12.7. The maximum absolute atomic E-state index is 12.6. The summed E-state index contributed by atoms with van der Waals surface area (Å²) in [6.07, 6.45) is -5.69. The Hall–Kier alpha value is -2.06. The first-order valence-electron chi connectivity index (χ1n) is 6.74. The molecule has 4 nitrogen and oxygen atoms in total. The van der Waals surface area contributed by atoms with Crippen molar-refractivity contribution in [2.45, 2.75) is 18.8 Å². The molecule has 0 saturated carbocycles. The molecule has 2 rings (SSSR count). The highest BCUT2D eigenvalue weighted by atomic mass is 32.1. The zero-order valence-electron chi connectivity index (χ0n) is 11.9. The molecule has 1 aromatic heterocycles. The number of carbonyl (C=O) groups is 1. The van der Waals surface area contributed by atoms with Crippen molar-refractivity contribution in [2.75, 3.05) is 6.54 Å². The fraction of sp³-hybridized carbons (Fsp3) is 0.267. The number of hydrogen-bond acceptors (Lipinski definition) is 3. The van der Waals surface area contributed by atoms with Gasteiger partial charge < -0.3 is 15.7 Å². The molecule has 1 heterocycles. The molecule has 0 radical (unpaired) electrons. The van der Waals surface area contributed by atoms with Crippen LogP contribution in [0, 0.1) is 0 Å². The molecule has 0 fully saturated rings. The number of hydrogen-bond donors (Lipinski definition) is 3. The van der Waals surface area contributed by atoms with Crippen LogP contribution in [0.4, 0.5) is 18.0 Å². The maximum atomic E-state index is 12.6. The van der Waals surface area contributed by atoms with Gasteiger partial charge in [-0.3, -0.25) is 0 Å². The number of alkyl halides is 3. The number of benzene rings is 1. The van der Waals surface area contributed by atoms with E-state index in [0.717, 1.165) is 17.7 Å². The molecule has 8 heteroatoms. The highest BCUT2D eigenvalue weighted by Crippen LogP contribution is 2.30. The minimum atomic E-state index is -4.47. The van der Waals surface area contributed by atoms with Crippen LogP contribution < -0.4 is 10.6 Å². The Kier molecular flexibility index (Phi) is 5.62. The molecule has 3 N–H and O–H groups in total. The summed E-state index contributed by atoms with van der Waals surface area (Å²) in [5.74, 6) is 0. The van der Waals surface area contributed by atoms with Gasteiger partial charge in [-0.1, -0.05) is 12.1 Å². The number of halogens is 3. The number of urea groups is 1. The Morgan fingerprint density at radius 1 is 1.26 bits per heavy atom. The van der Waals surface area contributed by atoms with Crippen molar-refractivity contribution in [3.8, 4) is 0 Å². The Balaban J connectivity index is 1.84. The third-order valence-electron chi connectivity index (χ3n) is 3.09. The first-order valence-corrected chi connectivity index (χ1v) is 7.68. The average molecular weight is 344 g/mol. The summed E-state index contributed by atoms with van der Waals surface area (Å²) in [5, 5.41) is 18.7. The van der Waals surface area contributed by atoms with Gasteiger partial charge >= 0.3 is 12.2 Å². The molecule has 23 heavy (non-hydrogen) atoms. The lowest BCUT2D eigenvalue weighted by Crippen LogP contribution is -2.37. The molecular formula is C15H15F3N2O2S. The van der Waals surface area contributed by atoms with Crippen molar-refractivity contribution in [3.05, 3.63) is 57.8 Å². The van der Waals surface area contributed by atoms with Gasteiger partial charge in [0.05, 0.1) is 11.7 Å². The van der Waals surface area contributed by atoms with Crippen molar-refractivity contribution in [3.63, 3.8) is 0 Å². The molecule has 2 aromatic rings. The van der Waals surface area contributed by atoms with E-state index in [9.17, 15) is 23.1 Å². The van der Waals surface area contributed by atoms with E-state index >= 15 is 0 Å². The van der Waals surface area contributed by atoms with Gasteiger partial charge in [-0.25, -0.2) is 4.79 Å². The number of nitrogens with one attached hydrogen (secondary N) is 2. The number of carbonyl (C=O) groups excluding carboxylic acids is 1. The summed E-state index contributed by atoms with van der Waals surface area (Å²) in [5.41, 5.74) is 0.206. The highest BCUT2D eigenvalue weighted by molar-refractivity contribution is 7.07. The number of rotatable bonds is 5. The number of aliphatic hydroxyl groups excluding tert-OH is 1. The van der Waals surface area contributed by atoms with Crippen LogP contribution in [0.1, 0.15) is 22.8 Å². The first-order chi connectivity index (χ1) is 10.9. The molecule has 0 spiro atoms. The fourth-order valence-electron chi connectivity index (χ4n) is 1.87. The van der Waals surface area contributed by atoms with Gasteiger partial charge in [0.2, 0.25) is 0 Å². The molecule has 0 bridgehead atoms. The minimum absolute atomic E-state index is 0.0953. The lowest BCUT2D eigenvalue weighted by molar-refractivity contribution is -0.137. The Labute approximate surface area is 135 Å². The lowest BCUT2D eigenvalue weighted by Gasteiger charge is -2.15. The van der Waals surface area contributed by atoms with Crippen LogP contribution in [0.5, 0.6) is 0 Å². The van der Waals surface area contributed by atoms with Gasteiger partial charge in [-0.15, -0.1) is 0 Å². The Bertz CT molecular complexity index is 644. The zero-order valence-corrected chi connectivity index (χ0v) is 12.7. The van der Waals surface area contributed by atoms with E-state index in [1.165, 1.54) is 23.5 Å². The lowest BCUT2D eigenvalue weighted by atomic mass is 10.1. The standard InChI is InChI=1S/C15H15F3N2O2S/c16-15(17,18)12-3-1-2-11(6-12)13(21)8-20-14(22)19-7-10-4-5-23-9-10/h1-6,9,13,21H,7-8H2,(H2,19,20,22)/t13-/m0/s1. The largest absolute Gasteiger partial charge is 0.416 e. The second-order valence-corrected chi connectivity index (χ2v) is 5.61. The van der Waals surface area contributed by atoms with Gasteiger partial charge in [-0.2, -0.15) is 24.5 Å². The summed E-state index contributed by atoms with van der Waals surface area (Å²) >= 11 is 1.51. The molecule has 2 amide bonds. The first kappa shape index (κ1) is 17.3. The second-order valence-electron chi connectivity index (χ2n) is 4.83. The van der Waals surface area contributed by atoms with E-state index in [-0.39, 0.29) is 12.1 Å². The second kappa shape index (κ2) is 7.47. The van der Waals surface area contributed by atoms with Crippen LogP contribution in [0.2, 0.25) is 0 Å². The predicted molar refractivity (Wildman–Crippen MR) is 81.0 cm³/mol. The number of aliphatic hydroxyl groups is 1. The van der Waals surface area contributed by atoms with E-state index in [0.29, 0.717) is 6.54 Å². The monoisotopic (exact) mass is 344 g/mol. The van der Waals surface area contributed by atoms with E-state index in [1.54, 1.807) is 0 Å². The van der Waals surface area contributed by atoms with Crippen molar-refractivity contribution >= 4 is 17.4 Å². The van der Waals surface area contributed by atoms with Crippen LogP contribution in [-0.2, 0) is 12.7 Å². The zero-order chi connectivity index (χ0) is 16.9. The summed E-state index contributed by atoms with van der Waals surface area (Å²) in [7, 11) is 0. The number of thiophene rings is 1. The van der Waals surface area contributed by atoms with Gasteiger partial charge in [0.25, 0.3) is 0 Å². The Morgan fingerprint density at radius 3 is 2.70 bits per heavy atom. The average Bonchev–Trinajstić information content (AvgIpc) is 3.03. The summed E-state index contributed by atoms with van der Waals surface area (Å²) in [6.45, 7) is 0.159. The highest BCUT2D eigenvalue weighted by Gasteiger charge is 2.30. The van der Waals surface area contributed by atoms with Gasteiger partial charge in [0.1, 0.15) is 0 Å². The van der Waals surface area contributed by atoms with E-state index in [2.05, 4.69) is 10.6 Å². The maximum Gasteiger partial charge on any atom is 0.416 e. The molecule has 1 aromatic carbocycles. The summed E-state index contributed by atoms with van der Waals surface area (Å²) in [6, 6.07) is 5.76. The van der Waals surface area contributed by atoms with Gasteiger partial charge in [0, 0.05) is 13.1 Å². The van der Waals surface area contributed by atoms with Crippen LogP contribution in [0.3, 0.4) is 0 Å². The summed E-state index contributed by atoms with van der Waals surface area (Å²) in [4.78, 5) is 11.6. The van der Waals surface area contributed by atoms with Crippen LogP contribution in [0.15, 0.2) is 41.1 Å². The minimum Gasteiger partial charge on any atom is -0.387 e. The predicted octanol–water partition coefficient (Wildman–Crippen LogP) is 3.30. The topological polar surface area (TPSA) is 61.4 Å². The van der Waals surface area contributed by atoms with Crippen molar-refractivity contribution < 1.29 is 23.1 Å². The van der Waals surface area contributed by atoms with Crippen LogP contribution in [0.25, 0.3) is 0 Å². The quantitative estimate of drug-likeness (QED) is 0.779. The smallest absolute Gasteiger partial charge is 0.387 e. The van der Waals surface area contributed by atoms with Crippen molar-refractivity contribution in [2.24, 2.45) is 0 Å². The third-order valence-corrected chi connectivity index (χ3v) is 3.82. The Morgan fingerprint density at radius 2 is 2.04 bits per heavy atom. The molecule has 0 aliphatic heterocycles. The molecule has 0 saturated heterocycles. The molecule has 1 atom stereocenters. The van der Waals surface area contributed by atoms with Crippen LogP contribution >= 0.6 is 11.3 Å². The van der Waals surface area contributed by atoms with E-state index in [1.807, 2.05) is 16.8 Å². The molecule has 0 unspecified atom stereocenters. The third kappa shape index (κ3) is 5.26. The van der Waals surface area contributed by atoms with E-state index in [4.69, 9.17) is 0 Å². The van der Waals surface area contributed by atoms with Crippen LogP contribution in [-0.4, -0.2) is 17.7 Å². The van der Waals surface area contributed by atoms with E-state index < -0.39 is 23.9 Å². The molecule has 124 valence electrons. The molecule has 0 aliphatic carbocycles. The fourth-order valence-corrected chi connectivity index (χ4v) is 2.54. The summed E-state index contributed by atoms with van der Waals surface area (Å²) < 4.78 is 37.9.